The van der Waals surface area contributed by atoms with Gasteiger partial charge < -0.3 is 10.2 Å². The van der Waals surface area contributed by atoms with Crippen molar-refractivity contribution in [2.45, 2.75) is 39.5 Å². The van der Waals surface area contributed by atoms with Crippen molar-refractivity contribution in [3.63, 3.8) is 0 Å². The average Bonchev–Trinajstić information content (AvgIpc) is 3.51. The van der Waals surface area contributed by atoms with Crippen LogP contribution in [0.2, 0.25) is 0 Å². The molecule has 30 heavy (non-hydrogen) atoms. The SMILES string of the molecule is CCNC(=O)C1(Cc2ccc(-c3ccccc3)cc2)CCN(C(=O)[C@@H]2C[C@@H]2C)CC1. The van der Waals surface area contributed by atoms with E-state index < -0.39 is 5.41 Å². The van der Waals surface area contributed by atoms with E-state index in [4.69, 9.17) is 0 Å². The summed E-state index contributed by atoms with van der Waals surface area (Å²) in [7, 11) is 0. The number of carbonyl (C=O) groups is 2. The third kappa shape index (κ3) is 4.28. The van der Waals surface area contributed by atoms with Crippen LogP contribution in [-0.4, -0.2) is 36.3 Å². The van der Waals surface area contributed by atoms with Gasteiger partial charge in [-0.3, -0.25) is 9.59 Å². The fourth-order valence-corrected chi connectivity index (χ4v) is 4.72. The van der Waals surface area contributed by atoms with Crippen molar-refractivity contribution in [1.82, 2.24) is 10.2 Å². The highest BCUT2D eigenvalue weighted by Crippen LogP contribution is 2.42. The molecule has 1 heterocycles. The second kappa shape index (κ2) is 8.63. The molecule has 1 N–H and O–H groups in total. The maximum atomic E-state index is 13.1. The Labute approximate surface area is 179 Å². The number of nitrogens with one attached hydrogen (secondary N) is 1. The summed E-state index contributed by atoms with van der Waals surface area (Å²) in [6.45, 7) is 6.11. The number of likely N-dealkylation sites (tertiary alicyclic amines) is 1. The number of benzene rings is 2. The summed E-state index contributed by atoms with van der Waals surface area (Å²) in [5.41, 5.74) is 3.13. The summed E-state index contributed by atoms with van der Waals surface area (Å²) in [4.78, 5) is 27.7. The summed E-state index contributed by atoms with van der Waals surface area (Å²) in [5.74, 6) is 1.16. The second-order valence-electron chi connectivity index (χ2n) is 9.02. The molecule has 0 spiro atoms. The standard InChI is InChI=1S/C26H32N2O2/c1-3-27-25(30)26(13-15-28(16-14-26)24(29)23-17-19(23)2)18-20-9-11-22(12-10-20)21-7-5-4-6-8-21/h4-12,19,23H,3,13-18H2,1-2H3,(H,27,30)/t19-,23+/m0/s1. The van der Waals surface area contributed by atoms with Gasteiger partial charge in [0.15, 0.2) is 0 Å². The lowest BCUT2D eigenvalue weighted by atomic mass is 9.72. The number of carbonyl (C=O) groups excluding carboxylic acids is 2. The number of hydrogen-bond donors (Lipinski definition) is 1. The number of amides is 2. The van der Waals surface area contributed by atoms with Gasteiger partial charge in [-0.25, -0.2) is 0 Å². The fraction of sp³-hybridized carbons (Fsp3) is 0.462. The summed E-state index contributed by atoms with van der Waals surface area (Å²) < 4.78 is 0. The summed E-state index contributed by atoms with van der Waals surface area (Å²) >= 11 is 0. The average molecular weight is 405 g/mol. The Morgan fingerprint density at radius 3 is 2.17 bits per heavy atom. The second-order valence-corrected chi connectivity index (χ2v) is 9.02. The van der Waals surface area contributed by atoms with E-state index in [0.717, 1.165) is 25.7 Å². The molecule has 0 unspecified atom stereocenters. The molecule has 0 aromatic heterocycles. The van der Waals surface area contributed by atoms with Crippen molar-refractivity contribution in [2.24, 2.45) is 17.3 Å². The van der Waals surface area contributed by atoms with Crippen molar-refractivity contribution in [1.29, 1.82) is 0 Å². The molecule has 0 radical (unpaired) electrons. The zero-order valence-electron chi connectivity index (χ0n) is 18.1. The van der Waals surface area contributed by atoms with Crippen LogP contribution in [0.5, 0.6) is 0 Å². The van der Waals surface area contributed by atoms with Crippen LogP contribution in [-0.2, 0) is 16.0 Å². The molecule has 4 heteroatoms. The van der Waals surface area contributed by atoms with Crippen LogP contribution >= 0.6 is 0 Å². The molecule has 2 aromatic carbocycles. The van der Waals surface area contributed by atoms with E-state index in [2.05, 4.69) is 48.6 Å². The van der Waals surface area contributed by atoms with E-state index in [0.29, 0.717) is 31.5 Å². The number of hydrogen-bond acceptors (Lipinski definition) is 2. The molecule has 1 aliphatic heterocycles. The minimum atomic E-state index is -0.434. The van der Waals surface area contributed by atoms with Crippen LogP contribution in [0.4, 0.5) is 0 Å². The Kier molecular flexibility index (Phi) is 5.94. The third-order valence-electron chi connectivity index (χ3n) is 6.88. The maximum Gasteiger partial charge on any atom is 0.226 e. The highest BCUT2D eigenvalue weighted by atomic mass is 16.2. The van der Waals surface area contributed by atoms with Crippen molar-refractivity contribution in [3.05, 3.63) is 60.2 Å². The van der Waals surface area contributed by atoms with Crippen molar-refractivity contribution < 1.29 is 9.59 Å². The number of piperidine rings is 1. The molecule has 158 valence electrons. The molecule has 1 aliphatic carbocycles. The van der Waals surface area contributed by atoms with Gasteiger partial charge in [-0.1, -0.05) is 61.5 Å². The topological polar surface area (TPSA) is 49.4 Å². The smallest absolute Gasteiger partial charge is 0.226 e. The van der Waals surface area contributed by atoms with Crippen molar-refractivity contribution >= 4 is 11.8 Å². The third-order valence-corrected chi connectivity index (χ3v) is 6.88. The Morgan fingerprint density at radius 2 is 1.60 bits per heavy atom. The highest BCUT2D eigenvalue weighted by Gasteiger charge is 2.46. The van der Waals surface area contributed by atoms with Crippen molar-refractivity contribution in [3.8, 4) is 11.1 Å². The lowest BCUT2D eigenvalue weighted by Crippen LogP contribution is -2.51. The number of rotatable bonds is 6. The van der Waals surface area contributed by atoms with Crippen LogP contribution in [0.1, 0.15) is 38.7 Å². The minimum absolute atomic E-state index is 0.129. The van der Waals surface area contributed by atoms with E-state index >= 15 is 0 Å². The molecule has 1 saturated carbocycles. The monoisotopic (exact) mass is 404 g/mol. The highest BCUT2D eigenvalue weighted by molar-refractivity contribution is 5.85. The van der Waals surface area contributed by atoms with Crippen LogP contribution < -0.4 is 5.32 Å². The lowest BCUT2D eigenvalue weighted by molar-refractivity contribution is -0.141. The van der Waals surface area contributed by atoms with Crippen LogP contribution in [0.15, 0.2) is 54.6 Å². The normalized spacial score (nSPS) is 22.4. The first-order chi connectivity index (χ1) is 14.5. The first-order valence-electron chi connectivity index (χ1n) is 11.2. The molecule has 1 saturated heterocycles. The van der Waals surface area contributed by atoms with Gasteiger partial charge in [0.1, 0.15) is 0 Å². The van der Waals surface area contributed by atoms with Crippen molar-refractivity contribution in [2.75, 3.05) is 19.6 Å². The number of nitrogens with zero attached hydrogens (tertiary/aromatic N) is 1. The Bertz CT molecular complexity index is 883. The van der Waals surface area contributed by atoms with Gasteiger partial charge in [-0.15, -0.1) is 0 Å². The zero-order valence-corrected chi connectivity index (χ0v) is 18.1. The molecule has 2 atom stereocenters. The Hall–Kier alpha value is -2.62. The van der Waals surface area contributed by atoms with Gasteiger partial charge in [0, 0.05) is 25.6 Å². The van der Waals surface area contributed by atoms with E-state index in [1.165, 1.54) is 16.7 Å². The van der Waals surface area contributed by atoms with Gasteiger partial charge in [-0.2, -0.15) is 0 Å². The Balaban J connectivity index is 1.48. The van der Waals surface area contributed by atoms with E-state index in [9.17, 15) is 9.59 Å². The quantitative estimate of drug-likeness (QED) is 0.780. The molecular weight excluding hydrogens is 372 g/mol. The first kappa shape index (κ1) is 20.6. The van der Waals surface area contributed by atoms with Gasteiger partial charge in [0.05, 0.1) is 5.41 Å². The molecular formula is C26H32N2O2. The fourth-order valence-electron chi connectivity index (χ4n) is 4.72. The largest absolute Gasteiger partial charge is 0.356 e. The molecule has 2 fully saturated rings. The van der Waals surface area contributed by atoms with E-state index in [1.807, 2.05) is 30.0 Å². The lowest BCUT2D eigenvalue weighted by Gasteiger charge is -2.41. The van der Waals surface area contributed by atoms with Gasteiger partial charge >= 0.3 is 0 Å². The van der Waals surface area contributed by atoms with Gasteiger partial charge in [0.25, 0.3) is 0 Å². The summed E-state index contributed by atoms with van der Waals surface area (Å²) in [6.07, 6.45) is 3.19. The molecule has 2 aliphatic rings. The molecule has 4 rings (SSSR count). The molecule has 2 aromatic rings. The molecule has 2 amide bonds. The van der Waals surface area contributed by atoms with Crippen LogP contribution in [0, 0.1) is 17.3 Å². The zero-order chi connectivity index (χ0) is 21.1. The molecule has 0 bridgehead atoms. The van der Waals surface area contributed by atoms with Gasteiger partial charge in [0.2, 0.25) is 11.8 Å². The van der Waals surface area contributed by atoms with Gasteiger partial charge in [-0.05, 0) is 55.2 Å². The van der Waals surface area contributed by atoms with Crippen LogP contribution in [0.25, 0.3) is 11.1 Å². The predicted octanol–water partition coefficient (Wildman–Crippen LogP) is 4.30. The predicted molar refractivity (Wildman–Crippen MR) is 120 cm³/mol. The first-order valence-corrected chi connectivity index (χ1v) is 11.2. The van der Waals surface area contributed by atoms with E-state index in [1.54, 1.807) is 0 Å². The Morgan fingerprint density at radius 1 is 1.00 bits per heavy atom. The molecule has 4 nitrogen and oxygen atoms in total. The summed E-state index contributed by atoms with van der Waals surface area (Å²) in [5, 5.41) is 3.06. The van der Waals surface area contributed by atoms with E-state index in [-0.39, 0.29) is 11.8 Å². The summed E-state index contributed by atoms with van der Waals surface area (Å²) in [6, 6.07) is 18.9. The maximum absolute atomic E-state index is 13.1. The van der Waals surface area contributed by atoms with Crippen LogP contribution in [0.3, 0.4) is 0 Å². The minimum Gasteiger partial charge on any atom is -0.356 e.